The second-order valence-electron chi connectivity index (χ2n) is 9.55. The van der Waals surface area contributed by atoms with Gasteiger partial charge in [-0.25, -0.2) is 0 Å². The number of nitrogens with one attached hydrogen (secondary N) is 2. The molecule has 0 aromatic heterocycles. The molecular weight excluding hydrogens is 478 g/mol. The van der Waals surface area contributed by atoms with Gasteiger partial charge in [0.2, 0.25) is 11.8 Å². The minimum Gasteiger partial charge on any atom is -0.496 e. The van der Waals surface area contributed by atoms with Crippen LogP contribution in [0.15, 0.2) is 78.9 Å². The second kappa shape index (κ2) is 14.6. The zero-order chi connectivity index (χ0) is 27.3. The SMILES string of the molecule is COc1ccccc1CCNC(=O)CN(CC(=O)NCCC(C)C)C(=O)c1ccc(-c2ccccc2)cc1. The van der Waals surface area contributed by atoms with E-state index in [0.29, 0.717) is 31.0 Å². The van der Waals surface area contributed by atoms with Gasteiger partial charge in [-0.2, -0.15) is 0 Å². The van der Waals surface area contributed by atoms with E-state index in [2.05, 4.69) is 24.5 Å². The topological polar surface area (TPSA) is 87.7 Å². The molecule has 0 atom stereocenters. The van der Waals surface area contributed by atoms with Gasteiger partial charge in [-0.15, -0.1) is 0 Å². The number of hydrogen-bond acceptors (Lipinski definition) is 4. The van der Waals surface area contributed by atoms with E-state index in [-0.39, 0.29) is 30.8 Å². The van der Waals surface area contributed by atoms with Crippen LogP contribution in [0.1, 0.15) is 36.2 Å². The summed E-state index contributed by atoms with van der Waals surface area (Å²) in [5, 5.41) is 5.71. The van der Waals surface area contributed by atoms with Crippen LogP contribution in [0.25, 0.3) is 11.1 Å². The molecule has 3 amide bonds. The molecule has 3 rings (SSSR count). The fourth-order valence-corrected chi connectivity index (χ4v) is 4.02. The van der Waals surface area contributed by atoms with Crippen LogP contribution in [0, 0.1) is 5.92 Å². The van der Waals surface area contributed by atoms with Crippen molar-refractivity contribution in [2.24, 2.45) is 5.92 Å². The third kappa shape index (κ3) is 8.76. The molecule has 200 valence electrons. The number of carbonyl (C=O) groups excluding carboxylic acids is 3. The number of benzene rings is 3. The Morgan fingerprint density at radius 1 is 0.763 bits per heavy atom. The number of amides is 3. The monoisotopic (exact) mass is 515 g/mol. The standard InChI is InChI=1S/C31H37N3O4/c1-23(2)17-19-32-29(35)21-34(22-30(36)33-20-18-26-11-7-8-12-28(26)38-3)31(37)27-15-13-25(14-16-27)24-9-5-4-6-10-24/h4-16,23H,17-22H2,1-3H3,(H,32,35)(H,33,36). The molecule has 2 N–H and O–H groups in total. The minimum absolute atomic E-state index is 0.197. The molecular formula is C31H37N3O4. The average molecular weight is 516 g/mol. The molecule has 7 nitrogen and oxygen atoms in total. The van der Waals surface area contributed by atoms with E-state index >= 15 is 0 Å². The van der Waals surface area contributed by atoms with Crippen molar-refractivity contribution < 1.29 is 19.1 Å². The summed E-state index contributed by atoms with van der Waals surface area (Å²) in [4.78, 5) is 40.1. The second-order valence-corrected chi connectivity index (χ2v) is 9.55. The summed E-state index contributed by atoms with van der Waals surface area (Å²) in [6.07, 6.45) is 1.42. The summed E-state index contributed by atoms with van der Waals surface area (Å²) in [5.41, 5.74) is 3.42. The van der Waals surface area contributed by atoms with Crippen LogP contribution in [0.4, 0.5) is 0 Å². The fourth-order valence-electron chi connectivity index (χ4n) is 4.02. The van der Waals surface area contributed by atoms with E-state index in [1.807, 2.05) is 66.7 Å². The number of rotatable bonds is 13. The van der Waals surface area contributed by atoms with Gasteiger partial charge >= 0.3 is 0 Å². The fraction of sp³-hybridized carbons (Fsp3) is 0.323. The Morgan fingerprint density at radius 2 is 1.34 bits per heavy atom. The molecule has 3 aromatic carbocycles. The molecule has 0 spiro atoms. The summed E-state index contributed by atoms with van der Waals surface area (Å²) < 4.78 is 5.37. The smallest absolute Gasteiger partial charge is 0.254 e. The molecule has 0 fully saturated rings. The van der Waals surface area contributed by atoms with Crippen molar-refractivity contribution in [2.45, 2.75) is 26.7 Å². The molecule has 7 heteroatoms. The summed E-state index contributed by atoms with van der Waals surface area (Å²) in [7, 11) is 1.61. The van der Waals surface area contributed by atoms with Gasteiger partial charge in [0.05, 0.1) is 7.11 Å². The van der Waals surface area contributed by atoms with Crippen molar-refractivity contribution in [2.75, 3.05) is 33.3 Å². The Kier molecular flexibility index (Phi) is 10.9. The highest BCUT2D eigenvalue weighted by Crippen LogP contribution is 2.20. The molecule has 0 radical (unpaired) electrons. The first kappa shape index (κ1) is 28.4. The lowest BCUT2D eigenvalue weighted by Crippen LogP contribution is -2.46. The molecule has 0 heterocycles. The van der Waals surface area contributed by atoms with Crippen LogP contribution in [0.3, 0.4) is 0 Å². The lowest BCUT2D eigenvalue weighted by atomic mass is 10.0. The Hall–Kier alpha value is -4.13. The van der Waals surface area contributed by atoms with E-state index < -0.39 is 0 Å². The predicted octanol–water partition coefficient (Wildman–Crippen LogP) is 4.33. The van der Waals surface area contributed by atoms with Crippen LogP contribution in [-0.2, 0) is 16.0 Å². The molecule has 3 aromatic rings. The van der Waals surface area contributed by atoms with Gasteiger partial charge in [0.25, 0.3) is 5.91 Å². The van der Waals surface area contributed by atoms with E-state index in [0.717, 1.165) is 28.9 Å². The number of methoxy groups -OCH3 is 1. The minimum atomic E-state index is -0.372. The van der Waals surface area contributed by atoms with Crippen LogP contribution >= 0.6 is 0 Å². The number of ether oxygens (including phenoxy) is 1. The first-order valence-electron chi connectivity index (χ1n) is 13.0. The number of nitrogens with zero attached hydrogens (tertiary/aromatic N) is 1. The van der Waals surface area contributed by atoms with Gasteiger partial charge in [0.1, 0.15) is 18.8 Å². The van der Waals surface area contributed by atoms with Gasteiger partial charge < -0.3 is 20.3 Å². The summed E-state index contributed by atoms with van der Waals surface area (Å²) in [6.45, 7) is 4.65. The molecule has 0 aliphatic carbocycles. The van der Waals surface area contributed by atoms with Crippen molar-refractivity contribution in [3.05, 3.63) is 90.0 Å². The quantitative estimate of drug-likeness (QED) is 0.355. The van der Waals surface area contributed by atoms with E-state index in [9.17, 15) is 14.4 Å². The van der Waals surface area contributed by atoms with Gasteiger partial charge in [0.15, 0.2) is 0 Å². The Labute approximate surface area is 225 Å². The first-order chi connectivity index (χ1) is 18.4. The van der Waals surface area contributed by atoms with Crippen LogP contribution in [-0.4, -0.2) is 55.9 Å². The average Bonchev–Trinajstić information content (AvgIpc) is 2.93. The third-order valence-corrected chi connectivity index (χ3v) is 6.15. The van der Waals surface area contributed by atoms with Crippen molar-refractivity contribution in [3.63, 3.8) is 0 Å². The molecule has 0 unspecified atom stereocenters. The Balaban J connectivity index is 1.66. The molecule has 38 heavy (non-hydrogen) atoms. The largest absolute Gasteiger partial charge is 0.496 e. The number of hydrogen-bond donors (Lipinski definition) is 2. The summed E-state index contributed by atoms with van der Waals surface area (Å²) in [5.74, 6) is 0.218. The Bertz CT molecular complexity index is 1190. The first-order valence-corrected chi connectivity index (χ1v) is 13.0. The summed E-state index contributed by atoms with van der Waals surface area (Å²) >= 11 is 0. The van der Waals surface area contributed by atoms with E-state index in [1.54, 1.807) is 19.2 Å². The number of carbonyl (C=O) groups is 3. The predicted molar refractivity (Wildman–Crippen MR) is 150 cm³/mol. The van der Waals surface area contributed by atoms with Gasteiger partial charge in [0, 0.05) is 18.7 Å². The maximum absolute atomic E-state index is 13.4. The van der Waals surface area contributed by atoms with Crippen LogP contribution < -0.4 is 15.4 Å². The van der Waals surface area contributed by atoms with Gasteiger partial charge in [-0.05, 0) is 53.6 Å². The van der Waals surface area contributed by atoms with Crippen LogP contribution in [0.5, 0.6) is 5.75 Å². The molecule has 0 saturated carbocycles. The van der Waals surface area contributed by atoms with Crippen LogP contribution in [0.2, 0.25) is 0 Å². The third-order valence-electron chi connectivity index (χ3n) is 6.15. The highest BCUT2D eigenvalue weighted by atomic mass is 16.5. The zero-order valence-electron chi connectivity index (χ0n) is 22.4. The Morgan fingerprint density at radius 3 is 1.97 bits per heavy atom. The lowest BCUT2D eigenvalue weighted by Gasteiger charge is -2.22. The molecule has 0 saturated heterocycles. The summed E-state index contributed by atoms with van der Waals surface area (Å²) in [6, 6.07) is 24.7. The van der Waals surface area contributed by atoms with Crippen molar-refractivity contribution >= 4 is 17.7 Å². The van der Waals surface area contributed by atoms with Gasteiger partial charge in [-0.3, -0.25) is 14.4 Å². The highest BCUT2D eigenvalue weighted by molar-refractivity contribution is 5.99. The van der Waals surface area contributed by atoms with Crippen molar-refractivity contribution in [1.29, 1.82) is 0 Å². The molecule has 0 aliphatic rings. The maximum atomic E-state index is 13.4. The van der Waals surface area contributed by atoms with E-state index in [1.165, 1.54) is 4.90 Å². The number of para-hydroxylation sites is 1. The van der Waals surface area contributed by atoms with E-state index in [4.69, 9.17) is 4.74 Å². The maximum Gasteiger partial charge on any atom is 0.254 e. The van der Waals surface area contributed by atoms with Crippen molar-refractivity contribution in [1.82, 2.24) is 15.5 Å². The lowest BCUT2D eigenvalue weighted by molar-refractivity contribution is -0.124. The molecule has 0 aliphatic heterocycles. The molecule has 0 bridgehead atoms. The zero-order valence-corrected chi connectivity index (χ0v) is 22.4. The normalized spacial score (nSPS) is 10.6. The highest BCUT2D eigenvalue weighted by Gasteiger charge is 2.22. The van der Waals surface area contributed by atoms with Crippen molar-refractivity contribution in [3.8, 4) is 16.9 Å². The van der Waals surface area contributed by atoms with Gasteiger partial charge in [-0.1, -0.05) is 74.5 Å².